The molecule has 0 radical (unpaired) electrons. The van der Waals surface area contributed by atoms with E-state index in [4.69, 9.17) is 16.1 Å². The maximum absolute atomic E-state index is 13.2. The second-order valence-electron chi connectivity index (χ2n) is 3.82. The van der Waals surface area contributed by atoms with E-state index in [0.29, 0.717) is 11.5 Å². The van der Waals surface area contributed by atoms with Gasteiger partial charge in [0.1, 0.15) is 23.0 Å². The summed E-state index contributed by atoms with van der Waals surface area (Å²) >= 11 is 5.60. The van der Waals surface area contributed by atoms with Gasteiger partial charge in [-0.25, -0.2) is 4.39 Å². The van der Waals surface area contributed by atoms with E-state index in [2.05, 4.69) is 10.5 Å². The van der Waals surface area contributed by atoms with E-state index in [9.17, 15) is 14.5 Å². The highest BCUT2D eigenvalue weighted by Gasteiger charge is 2.17. The third-order valence-electron chi connectivity index (χ3n) is 2.37. The summed E-state index contributed by atoms with van der Waals surface area (Å²) in [7, 11) is 0. The van der Waals surface area contributed by atoms with Crippen molar-refractivity contribution in [3.05, 3.63) is 50.6 Å². The fourth-order valence-electron chi connectivity index (χ4n) is 1.52. The van der Waals surface area contributed by atoms with Gasteiger partial charge in [0.05, 0.1) is 22.6 Å². The predicted octanol–water partition coefficient (Wildman–Crippen LogP) is 3.30. The van der Waals surface area contributed by atoms with Gasteiger partial charge in [0, 0.05) is 6.07 Å². The second-order valence-corrected chi connectivity index (χ2v) is 4.23. The zero-order chi connectivity index (χ0) is 14.0. The molecule has 19 heavy (non-hydrogen) atoms. The molecule has 1 aromatic carbocycles. The van der Waals surface area contributed by atoms with Gasteiger partial charge in [0.25, 0.3) is 5.69 Å². The number of hydrogen-bond acceptors (Lipinski definition) is 5. The Labute approximate surface area is 112 Å². The first-order chi connectivity index (χ1) is 8.97. The zero-order valence-corrected chi connectivity index (χ0v) is 10.6. The molecule has 1 aromatic heterocycles. The molecule has 0 aliphatic rings. The minimum absolute atomic E-state index is 0.122. The van der Waals surface area contributed by atoms with Crippen LogP contribution in [-0.2, 0) is 6.54 Å². The maximum atomic E-state index is 13.2. The number of nitro benzene ring substituents is 1. The van der Waals surface area contributed by atoms with E-state index in [1.807, 2.05) is 0 Å². The first-order valence-electron chi connectivity index (χ1n) is 5.27. The standard InChI is InChI=1S/C11H9ClFN3O3/c1-6-2-7(15-19-6)5-14-10-3-8(12)9(13)4-11(10)16(17)18/h2-4,14H,5H2,1H3. The van der Waals surface area contributed by atoms with Crippen LogP contribution in [0.3, 0.4) is 0 Å². The Morgan fingerprint density at radius 3 is 2.84 bits per heavy atom. The van der Waals surface area contributed by atoms with Gasteiger partial charge in [-0.05, 0) is 13.0 Å². The van der Waals surface area contributed by atoms with Gasteiger partial charge in [-0.2, -0.15) is 0 Å². The Morgan fingerprint density at radius 1 is 1.53 bits per heavy atom. The first kappa shape index (κ1) is 13.3. The summed E-state index contributed by atoms with van der Waals surface area (Å²) in [4.78, 5) is 10.1. The molecule has 0 fully saturated rings. The minimum atomic E-state index is -0.837. The van der Waals surface area contributed by atoms with E-state index >= 15 is 0 Å². The van der Waals surface area contributed by atoms with Crippen molar-refractivity contribution in [1.82, 2.24) is 5.16 Å². The molecule has 0 saturated carbocycles. The predicted molar refractivity (Wildman–Crippen MR) is 66.6 cm³/mol. The van der Waals surface area contributed by atoms with Crippen LogP contribution in [0, 0.1) is 22.9 Å². The molecule has 0 aliphatic carbocycles. The number of halogens is 2. The molecule has 0 amide bonds. The van der Waals surface area contributed by atoms with Crippen molar-refractivity contribution < 1.29 is 13.8 Å². The summed E-state index contributed by atoms with van der Waals surface area (Å²) in [6.07, 6.45) is 0. The van der Waals surface area contributed by atoms with Crippen LogP contribution in [0.15, 0.2) is 22.7 Å². The molecule has 0 atom stereocenters. The molecule has 1 heterocycles. The molecule has 100 valence electrons. The molecule has 0 spiro atoms. The van der Waals surface area contributed by atoms with Crippen molar-refractivity contribution in [3.8, 4) is 0 Å². The van der Waals surface area contributed by atoms with E-state index in [1.165, 1.54) is 6.07 Å². The summed E-state index contributed by atoms with van der Waals surface area (Å²) < 4.78 is 18.1. The van der Waals surface area contributed by atoms with E-state index < -0.39 is 10.7 Å². The van der Waals surface area contributed by atoms with Crippen LogP contribution in [0.1, 0.15) is 11.5 Å². The molecule has 8 heteroatoms. The Bertz CT molecular complexity index is 630. The van der Waals surface area contributed by atoms with Crippen LogP contribution in [0.25, 0.3) is 0 Å². The minimum Gasteiger partial charge on any atom is -0.374 e. The van der Waals surface area contributed by atoms with Crippen molar-refractivity contribution in [2.45, 2.75) is 13.5 Å². The SMILES string of the molecule is Cc1cc(CNc2cc(Cl)c(F)cc2[N+](=O)[O-])no1. The van der Waals surface area contributed by atoms with Crippen LogP contribution in [-0.4, -0.2) is 10.1 Å². The highest BCUT2D eigenvalue weighted by Crippen LogP contribution is 2.30. The van der Waals surface area contributed by atoms with Gasteiger partial charge in [-0.3, -0.25) is 10.1 Å². The molecule has 0 unspecified atom stereocenters. The highest BCUT2D eigenvalue weighted by atomic mass is 35.5. The Balaban J connectivity index is 2.23. The first-order valence-corrected chi connectivity index (χ1v) is 5.64. The van der Waals surface area contributed by atoms with Gasteiger partial charge >= 0.3 is 0 Å². The number of nitro groups is 1. The van der Waals surface area contributed by atoms with Gasteiger partial charge in [0.2, 0.25) is 0 Å². The van der Waals surface area contributed by atoms with Crippen LogP contribution in [0.2, 0.25) is 5.02 Å². The number of aromatic nitrogens is 1. The summed E-state index contributed by atoms with van der Waals surface area (Å²) in [5.74, 6) is -0.209. The number of anilines is 1. The van der Waals surface area contributed by atoms with Gasteiger partial charge in [-0.1, -0.05) is 16.8 Å². The number of rotatable bonds is 4. The Kier molecular flexibility index (Phi) is 3.66. The molecule has 0 saturated heterocycles. The number of aryl methyl sites for hydroxylation is 1. The highest BCUT2D eigenvalue weighted by molar-refractivity contribution is 6.31. The molecule has 0 bridgehead atoms. The normalized spacial score (nSPS) is 10.5. The lowest BCUT2D eigenvalue weighted by atomic mass is 10.2. The van der Waals surface area contributed by atoms with Crippen molar-refractivity contribution >= 4 is 23.0 Å². The van der Waals surface area contributed by atoms with Crippen molar-refractivity contribution in [1.29, 1.82) is 0 Å². The molecular weight excluding hydrogens is 277 g/mol. The smallest absolute Gasteiger partial charge is 0.295 e. The largest absolute Gasteiger partial charge is 0.374 e. The molecule has 2 aromatic rings. The van der Waals surface area contributed by atoms with Crippen LogP contribution < -0.4 is 5.32 Å². The van der Waals surface area contributed by atoms with Crippen LogP contribution in [0.4, 0.5) is 15.8 Å². The average Bonchev–Trinajstić information content (AvgIpc) is 2.76. The number of benzene rings is 1. The van der Waals surface area contributed by atoms with E-state index in [1.54, 1.807) is 13.0 Å². The summed E-state index contributed by atoms with van der Waals surface area (Å²) in [6, 6.07) is 3.63. The quantitative estimate of drug-likeness (QED) is 0.688. The van der Waals surface area contributed by atoms with Crippen molar-refractivity contribution in [2.75, 3.05) is 5.32 Å². The zero-order valence-electron chi connectivity index (χ0n) is 9.81. The second kappa shape index (κ2) is 5.23. The molecule has 1 N–H and O–H groups in total. The third kappa shape index (κ3) is 3.00. The van der Waals surface area contributed by atoms with E-state index in [-0.39, 0.29) is 22.9 Å². The topological polar surface area (TPSA) is 81.2 Å². The third-order valence-corrected chi connectivity index (χ3v) is 2.66. The number of nitrogens with one attached hydrogen (secondary N) is 1. The fraction of sp³-hybridized carbons (Fsp3) is 0.182. The number of nitrogens with zero attached hydrogens (tertiary/aromatic N) is 2. The summed E-state index contributed by atoms with van der Waals surface area (Å²) in [5, 5.41) is 17.1. The number of hydrogen-bond donors (Lipinski definition) is 1. The molecule has 6 nitrogen and oxygen atoms in total. The van der Waals surface area contributed by atoms with Crippen LogP contribution >= 0.6 is 11.6 Å². The van der Waals surface area contributed by atoms with Crippen molar-refractivity contribution in [2.24, 2.45) is 0 Å². The fourth-order valence-corrected chi connectivity index (χ4v) is 1.68. The monoisotopic (exact) mass is 285 g/mol. The summed E-state index contributed by atoms with van der Waals surface area (Å²) in [5.41, 5.74) is 0.311. The van der Waals surface area contributed by atoms with Crippen molar-refractivity contribution in [3.63, 3.8) is 0 Å². The Morgan fingerprint density at radius 2 is 2.26 bits per heavy atom. The lowest BCUT2D eigenvalue weighted by Gasteiger charge is -2.06. The average molecular weight is 286 g/mol. The van der Waals surface area contributed by atoms with Crippen LogP contribution in [0.5, 0.6) is 0 Å². The van der Waals surface area contributed by atoms with Gasteiger partial charge in [0.15, 0.2) is 0 Å². The summed E-state index contributed by atoms with van der Waals surface area (Å²) in [6.45, 7) is 1.94. The lowest BCUT2D eigenvalue weighted by Crippen LogP contribution is -2.03. The lowest BCUT2D eigenvalue weighted by molar-refractivity contribution is -0.384. The van der Waals surface area contributed by atoms with Gasteiger partial charge < -0.3 is 9.84 Å². The molecular formula is C11H9ClFN3O3. The Hall–Kier alpha value is -2.15. The van der Waals surface area contributed by atoms with Gasteiger partial charge in [-0.15, -0.1) is 0 Å². The molecule has 2 rings (SSSR count). The molecule has 0 aliphatic heterocycles. The maximum Gasteiger partial charge on any atom is 0.295 e. The van der Waals surface area contributed by atoms with E-state index in [0.717, 1.165) is 6.07 Å².